The van der Waals surface area contributed by atoms with Gasteiger partial charge in [-0.1, -0.05) is 18.2 Å². The van der Waals surface area contributed by atoms with Crippen LogP contribution in [0.2, 0.25) is 0 Å². The van der Waals surface area contributed by atoms with Gasteiger partial charge >= 0.3 is 0 Å². The summed E-state index contributed by atoms with van der Waals surface area (Å²) in [4.78, 5) is 13.8. The molecular formula is C19H22FN5O2. The second-order valence-electron chi connectivity index (χ2n) is 6.33. The van der Waals surface area contributed by atoms with Gasteiger partial charge in [0.2, 0.25) is 11.8 Å². The second-order valence-corrected chi connectivity index (χ2v) is 6.33. The minimum Gasteiger partial charge on any atom is -0.419 e. The van der Waals surface area contributed by atoms with Crippen LogP contribution < -0.4 is 0 Å². The summed E-state index contributed by atoms with van der Waals surface area (Å²) in [5.74, 6) is 0.340. The maximum Gasteiger partial charge on any atom is 0.265 e. The van der Waals surface area contributed by atoms with Crippen LogP contribution in [0.4, 0.5) is 4.39 Å². The van der Waals surface area contributed by atoms with E-state index in [4.69, 9.17) is 4.42 Å². The van der Waals surface area contributed by atoms with Crippen molar-refractivity contribution in [2.45, 2.75) is 39.8 Å². The largest absolute Gasteiger partial charge is 0.419 e. The van der Waals surface area contributed by atoms with Crippen LogP contribution in [0.5, 0.6) is 0 Å². The second kappa shape index (κ2) is 8.11. The number of amides is 1. The van der Waals surface area contributed by atoms with E-state index in [9.17, 15) is 9.18 Å². The molecular weight excluding hydrogens is 349 g/mol. The maximum atomic E-state index is 13.7. The number of halogens is 1. The highest BCUT2D eigenvalue weighted by Crippen LogP contribution is 2.20. The van der Waals surface area contributed by atoms with Gasteiger partial charge in [0, 0.05) is 38.5 Å². The van der Waals surface area contributed by atoms with Crippen LogP contribution in [0.25, 0.3) is 11.6 Å². The van der Waals surface area contributed by atoms with Crippen LogP contribution in [-0.2, 0) is 24.3 Å². The number of carbonyl (C=O) groups excluding carboxylic acids is 1. The molecule has 0 unspecified atom stereocenters. The lowest BCUT2D eigenvalue weighted by Gasteiger charge is -2.17. The molecule has 0 aliphatic heterocycles. The molecule has 7 nitrogen and oxygen atoms in total. The number of hydrogen-bond donors (Lipinski definition) is 0. The van der Waals surface area contributed by atoms with E-state index in [1.807, 2.05) is 19.9 Å². The highest BCUT2D eigenvalue weighted by atomic mass is 19.1. The van der Waals surface area contributed by atoms with E-state index in [1.165, 1.54) is 11.0 Å². The summed E-state index contributed by atoms with van der Waals surface area (Å²) in [6.07, 6.45) is 0.533. The third-order valence-corrected chi connectivity index (χ3v) is 4.23. The van der Waals surface area contributed by atoms with E-state index in [0.717, 1.165) is 11.4 Å². The molecule has 2 heterocycles. The van der Waals surface area contributed by atoms with Crippen LogP contribution in [0, 0.1) is 12.7 Å². The molecule has 3 rings (SSSR count). The van der Waals surface area contributed by atoms with Crippen molar-refractivity contribution in [3.63, 3.8) is 0 Å². The Labute approximate surface area is 156 Å². The number of nitrogens with zero attached hydrogens (tertiary/aromatic N) is 5. The van der Waals surface area contributed by atoms with Crippen molar-refractivity contribution in [2.75, 3.05) is 7.05 Å². The minimum absolute atomic E-state index is 0.118. The maximum absolute atomic E-state index is 13.7. The van der Waals surface area contributed by atoms with Crippen molar-refractivity contribution in [1.29, 1.82) is 0 Å². The van der Waals surface area contributed by atoms with Crippen molar-refractivity contribution < 1.29 is 13.6 Å². The SMILES string of the molecule is CCn1nc(C)cc1-c1nnc(CCC(=O)N(C)Cc2ccccc2F)o1. The average molecular weight is 371 g/mol. The molecule has 0 radical (unpaired) electrons. The Hall–Kier alpha value is -3.03. The first-order valence-electron chi connectivity index (χ1n) is 8.82. The molecule has 8 heteroatoms. The van der Waals surface area contributed by atoms with Gasteiger partial charge in [0.1, 0.15) is 11.5 Å². The molecule has 0 N–H and O–H groups in total. The molecule has 142 valence electrons. The summed E-state index contributed by atoms with van der Waals surface area (Å²) in [6, 6.07) is 8.31. The summed E-state index contributed by atoms with van der Waals surface area (Å²) >= 11 is 0. The predicted molar refractivity (Wildman–Crippen MR) is 97.1 cm³/mol. The van der Waals surface area contributed by atoms with E-state index in [0.29, 0.717) is 30.3 Å². The molecule has 2 aromatic heterocycles. The molecule has 0 saturated heterocycles. The van der Waals surface area contributed by atoms with Gasteiger partial charge in [0.25, 0.3) is 5.89 Å². The summed E-state index contributed by atoms with van der Waals surface area (Å²) in [5.41, 5.74) is 2.12. The van der Waals surface area contributed by atoms with Crippen molar-refractivity contribution in [3.8, 4) is 11.6 Å². The van der Waals surface area contributed by atoms with Crippen molar-refractivity contribution in [1.82, 2.24) is 24.9 Å². The fraction of sp³-hybridized carbons (Fsp3) is 0.368. The summed E-state index contributed by atoms with van der Waals surface area (Å²) in [5, 5.41) is 12.4. The first kappa shape index (κ1) is 18.8. The number of aromatic nitrogens is 4. The summed E-state index contributed by atoms with van der Waals surface area (Å²) in [7, 11) is 1.65. The predicted octanol–water partition coefficient (Wildman–Crippen LogP) is 2.99. The molecule has 0 fully saturated rings. The molecule has 0 saturated carbocycles. The van der Waals surface area contributed by atoms with E-state index >= 15 is 0 Å². The average Bonchev–Trinajstić information content (AvgIpc) is 3.27. The lowest BCUT2D eigenvalue weighted by molar-refractivity contribution is -0.130. The normalized spacial score (nSPS) is 11.0. The summed E-state index contributed by atoms with van der Waals surface area (Å²) < 4.78 is 21.2. The van der Waals surface area contributed by atoms with E-state index in [2.05, 4.69) is 15.3 Å². The zero-order valence-corrected chi connectivity index (χ0v) is 15.6. The standard InChI is InChI=1S/C19H22FN5O2/c1-4-25-16(11-13(2)23-25)19-22-21-17(27-19)9-10-18(26)24(3)12-14-7-5-6-8-15(14)20/h5-8,11H,4,9-10,12H2,1-3H3. The Balaban J connectivity index is 1.59. The minimum atomic E-state index is -0.318. The zero-order valence-electron chi connectivity index (χ0n) is 15.6. The number of hydrogen-bond acceptors (Lipinski definition) is 5. The molecule has 0 atom stereocenters. The van der Waals surface area contributed by atoms with Crippen LogP contribution >= 0.6 is 0 Å². The van der Waals surface area contributed by atoms with Gasteiger partial charge in [-0.3, -0.25) is 9.48 Å². The Morgan fingerprint density at radius 3 is 2.81 bits per heavy atom. The number of rotatable bonds is 7. The fourth-order valence-corrected chi connectivity index (χ4v) is 2.79. The number of benzene rings is 1. The lowest BCUT2D eigenvalue weighted by Crippen LogP contribution is -2.26. The molecule has 1 amide bonds. The molecule has 0 aliphatic carbocycles. The van der Waals surface area contributed by atoms with Crippen molar-refractivity contribution in [2.24, 2.45) is 0 Å². The molecule has 0 aliphatic rings. The Morgan fingerprint density at radius 2 is 2.07 bits per heavy atom. The van der Waals surface area contributed by atoms with Gasteiger partial charge in [-0.05, 0) is 26.0 Å². The smallest absolute Gasteiger partial charge is 0.265 e. The zero-order chi connectivity index (χ0) is 19.4. The van der Waals surface area contributed by atoms with Gasteiger partial charge in [-0.2, -0.15) is 5.10 Å². The van der Waals surface area contributed by atoms with Crippen LogP contribution in [0.1, 0.15) is 30.5 Å². The van der Waals surface area contributed by atoms with Gasteiger partial charge in [0.15, 0.2) is 0 Å². The van der Waals surface area contributed by atoms with Crippen LogP contribution in [0.3, 0.4) is 0 Å². The Kier molecular flexibility index (Phi) is 5.63. The topological polar surface area (TPSA) is 77.1 Å². The van der Waals surface area contributed by atoms with Gasteiger partial charge in [-0.15, -0.1) is 10.2 Å². The van der Waals surface area contributed by atoms with Gasteiger partial charge in [0.05, 0.1) is 5.69 Å². The third-order valence-electron chi connectivity index (χ3n) is 4.23. The monoisotopic (exact) mass is 371 g/mol. The Bertz CT molecular complexity index is 934. The van der Waals surface area contributed by atoms with Gasteiger partial charge < -0.3 is 9.32 Å². The van der Waals surface area contributed by atoms with Crippen molar-refractivity contribution >= 4 is 5.91 Å². The van der Waals surface area contributed by atoms with Crippen LogP contribution in [0.15, 0.2) is 34.7 Å². The van der Waals surface area contributed by atoms with Crippen molar-refractivity contribution in [3.05, 3.63) is 53.3 Å². The van der Waals surface area contributed by atoms with Crippen LogP contribution in [-0.4, -0.2) is 37.8 Å². The molecule has 3 aromatic rings. The first-order chi connectivity index (χ1) is 13.0. The third kappa shape index (κ3) is 4.39. The molecule has 27 heavy (non-hydrogen) atoms. The number of carbonyl (C=O) groups is 1. The van der Waals surface area contributed by atoms with E-state index in [-0.39, 0.29) is 24.7 Å². The highest BCUT2D eigenvalue weighted by Gasteiger charge is 2.17. The Morgan fingerprint density at radius 1 is 1.30 bits per heavy atom. The lowest BCUT2D eigenvalue weighted by atomic mass is 10.2. The van der Waals surface area contributed by atoms with E-state index < -0.39 is 0 Å². The van der Waals surface area contributed by atoms with Gasteiger partial charge in [-0.25, -0.2) is 4.39 Å². The molecule has 0 bridgehead atoms. The highest BCUT2D eigenvalue weighted by molar-refractivity contribution is 5.76. The first-order valence-corrected chi connectivity index (χ1v) is 8.82. The molecule has 1 aromatic carbocycles. The van der Waals surface area contributed by atoms with E-state index in [1.54, 1.807) is 29.9 Å². The molecule has 0 spiro atoms. The summed E-state index contributed by atoms with van der Waals surface area (Å²) in [6.45, 7) is 4.80. The number of aryl methyl sites for hydroxylation is 3. The fourth-order valence-electron chi connectivity index (χ4n) is 2.79. The quantitative estimate of drug-likeness (QED) is 0.638.